The first kappa shape index (κ1) is 12.8. The van der Waals surface area contributed by atoms with Gasteiger partial charge in [0.1, 0.15) is 0 Å². The van der Waals surface area contributed by atoms with Crippen LogP contribution in [-0.4, -0.2) is 11.9 Å². The molecule has 0 aliphatic carbocycles. The maximum atomic E-state index is 11.6. The molecule has 90 valence electrons. The van der Waals surface area contributed by atoms with Crippen LogP contribution >= 0.6 is 0 Å². The second-order valence-electron chi connectivity index (χ2n) is 3.33. The van der Waals surface area contributed by atoms with Crippen molar-refractivity contribution >= 4 is 17.6 Å². The van der Waals surface area contributed by atoms with Crippen LogP contribution in [0.2, 0.25) is 0 Å². The minimum atomic E-state index is -0.581. The molecule has 4 N–H and O–H groups in total. The lowest BCUT2D eigenvalue weighted by Crippen LogP contribution is -2.37. The van der Waals surface area contributed by atoms with Gasteiger partial charge in [-0.1, -0.05) is 25.1 Å². The molecule has 0 unspecified atom stereocenters. The Bertz CT molecular complexity index is 441. The first-order chi connectivity index (χ1) is 8.15. The van der Waals surface area contributed by atoms with Gasteiger partial charge in [0.15, 0.2) is 0 Å². The molecule has 5 heteroatoms. The van der Waals surface area contributed by atoms with Crippen LogP contribution in [0.1, 0.15) is 23.7 Å². The Hall–Kier alpha value is -2.30. The molecule has 0 bridgehead atoms. The van der Waals surface area contributed by atoms with Gasteiger partial charge in [-0.25, -0.2) is 4.79 Å². The Balaban J connectivity index is 2.58. The van der Waals surface area contributed by atoms with Crippen molar-refractivity contribution in [2.75, 3.05) is 5.73 Å². The number of anilines is 1. The van der Waals surface area contributed by atoms with Crippen molar-refractivity contribution in [1.29, 1.82) is 0 Å². The first-order valence-electron chi connectivity index (χ1n) is 5.26. The van der Waals surface area contributed by atoms with Gasteiger partial charge in [-0.2, -0.15) is 0 Å². The number of benzene rings is 1. The lowest BCUT2D eigenvalue weighted by atomic mass is 10.2. The Morgan fingerprint density at radius 1 is 1.35 bits per heavy atom. The zero-order valence-corrected chi connectivity index (χ0v) is 9.57. The highest BCUT2D eigenvalue weighted by Gasteiger charge is 2.11. The fourth-order valence-electron chi connectivity index (χ4n) is 1.16. The summed E-state index contributed by atoms with van der Waals surface area (Å²) in [6.07, 6.45) is 4.05. The minimum absolute atomic E-state index is 0.280. The third kappa shape index (κ3) is 3.98. The van der Waals surface area contributed by atoms with E-state index in [1.54, 1.807) is 30.3 Å². The average molecular weight is 233 g/mol. The molecule has 17 heavy (non-hydrogen) atoms. The van der Waals surface area contributed by atoms with E-state index in [0.29, 0.717) is 5.69 Å². The van der Waals surface area contributed by atoms with E-state index in [1.807, 2.05) is 6.92 Å². The minimum Gasteiger partial charge on any atom is -0.398 e. The average Bonchev–Trinajstić information content (AvgIpc) is 2.29. The third-order valence-electron chi connectivity index (χ3n) is 2.00. The summed E-state index contributed by atoms with van der Waals surface area (Å²) in [6, 6.07) is 5.97. The molecule has 1 rings (SSSR count). The van der Waals surface area contributed by atoms with Crippen molar-refractivity contribution in [2.24, 2.45) is 0 Å². The van der Waals surface area contributed by atoms with Gasteiger partial charge in [-0.15, -0.1) is 0 Å². The second-order valence-corrected chi connectivity index (χ2v) is 3.33. The van der Waals surface area contributed by atoms with Crippen molar-refractivity contribution in [1.82, 2.24) is 10.6 Å². The summed E-state index contributed by atoms with van der Waals surface area (Å²) < 4.78 is 0. The third-order valence-corrected chi connectivity index (χ3v) is 2.00. The van der Waals surface area contributed by atoms with Crippen molar-refractivity contribution in [3.8, 4) is 0 Å². The molecule has 0 atom stereocenters. The SMILES string of the molecule is CC/C=C/NC(=O)NC(=O)c1ccccc1N. The topological polar surface area (TPSA) is 84.2 Å². The molecule has 1 aromatic rings. The van der Waals surface area contributed by atoms with Crippen molar-refractivity contribution < 1.29 is 9.59 Å². The predicted molar refractivity (Wildman–Crippen MR) is 66.3 cm³/mol. The number of imide groups is 1. The summed E-state index contributed by atoms with van der Waals surface area (Å²) in [5.41, 5.74) is 6.23. The number of carbonyl (C=O) groups is 2. The van der Waals surface area contributed by atoms with E-state index in [4.69, 9.17) is 5.73 Å². The molecule has 5 nitrogen and oxygen atoms in total. The van der Waals surface area contributed by atoms with E-state index in [2.05, 4.69) is 10.6 Å². The number of urea groups is 1. The first-order valence-corrected chi connectivity index (χ1v) is 5.26. The van der Waals surface area contributed by atoms with Gasteiger partial charge in [0.2, 0.25) is 0 Å². The summed E-state index contributed by atoms with van der Waals surface area (Å²) in [4.78, 5) is 22.9. The largest absolute Gasteiger partial charge is 0.398 e. The molecule has 0 fully saturated rings. The van der Waals surface area contributed by atoms with E-state index in [0.717, 1.165) is 6.42 Å². The molecule has 0 aromatic heterocycles. The van der Waals surface area contributed by atoms with Crippen LogP contribution < -0.4 is 16.4 Å². The summed E-state index contributed by atoms with van der Waals surface area (Å²) >= 11 is 0. The van der Waals surface area contributed by atoms with Gasteiger partial charge in [-0.05, 0) is 18.6 Å². The van der Waals surface area contributed by atoms with Gasteiger partial charge < -0.3 is 11.1 Å². The summed E-state index contributed by atoms with van der Waals surface area (Å²) in [7, 11) is 0. The second kappa shape index (κ2) is 6.32. The number of nitrogens with one attached hydrogen (secondary N) is 2. The molecule has 0 saturated carbocycles. The van der Waals surface area contributed by atoms with E-state index in [9.17, 15) is 9.59 Å². The molecule has 0 saturated heterocycles. The number of nitrogens with two attached hydrogens (primary N) is 1. The Morgan fingerprint density at radius 2 is 2.06 bits per heavy atom. The van der Waals surface area contributed by atoms with Gasteiger partial charge in [-0.3, -0.25) is 10.1 Å². The summed E-state index contributed by atoms with van der Waals surface area (Å²) in [5.74, 6) is -0.523. The molecule has 0 heterocycles. The quantitative estimate of drug-likeness (QED) is 0.694. The molecular formula is C12H15N3O2. The summed E-state index contributed by atoms with van der Waals surface area (Å²) in [5, 5.41) is 4.59. The molecule has 0 spiro atoms. The highest BCUT2D eigenvalue weighted by Crippen LogP contribution is 2.09. The Labute approximate surface area is 99.7 Å². The molecular weight excluding hydrogens is 218 g/mol. The number of para-hydroxylation sites is 1. The number of hydrogen-bond donors (Lipinski definition) is 3. The summed E-state index contributed by atoms with van der Waals surface area (Å²) in [6.45, 7) is 1.94. The molecule has 0 radical (unpaired) electrons. The fraction of sp³-hybridized carbons (Fsp3) is 0.167. The van der Waals surface area contributed by atoms with E-state index in [1.165, 1.54) is 6.20 Å². The van der Waals surface area contributed by atoms with Crippen LogP contribution in [0.3, 0.4) is 0 Å². The smallest absolute Gasteiger partial charge is 0.325 e. The van der Waals surface area contributed by atoms with E-state index in [-0.39, 0.29) is 5.56 Å². The lowest BCUT2D eigenvalue weighted by molar-refractivity contribution is 0.0965. The standard InChI is InChI=1S/C12H15N3O2/c1-2-3-8-14-12(17)15-11(16)9-6-4-5-7-10(9)13/h3-8H,2,13H2,1H3,(H2,14,15,16,17)/b8-3+. The monoisotopic (exact) mass is 233 g/mol. The maximum absolute atomic E-state index is 11.6. The highest BCUT2D eigenvalue weighted by molar-refractivity contribution is 6.07. The number of hydrogen-bond acceptors (Lipinski definition) is 3. The molecule has 1 aromatic carbocycles. The van der Waals surface area contributed by atoms with Crippen LogP contribution in [0.15, 0.2) is 36.5 Å². The van der Waals surface area contributed by atoms with Crippen molar-refractivity contribution in [3.05, 3.63) is 42.1 Å². The van der Waals surface area contributed by atoms with Gasteiger partial charge in [0, 0.05) is 11.9 Å². The number of rotatable bonds is 3. The van der Waals surface area contributed by atoms with Crippen LogP contribution in [0, 0.1) is 0 Å². The number of nitrogen functional groups attached to an aromatic ring is 1. The number of allylic oxidation sites excluding steroid dienone is 1. The van der Waals surface area contributed by atoms with Crippen molar-refractivity contribution in [3.63, 3.8) is 0 Å². The van der Waals surface area contributed by atoms with Gasteiger partial charge in [0.25, 0.3) is 5.91 Å². The van der Waals surface area contributed by atoms with E-state index < -0.39 is 11.9 Å². The van der Waals surface area contributed by atoms with Crippen LogP contribution in [0.4, 0.5) is 10.5 Å². The van der Waals surface area contributed by atoms with Crippen LogP contribution in [-0.2, 0) is 0 Å². The normalized spacial score (nSPS) is 10.2. The molecule has 3 amide bonds. The zero-order valence-electron chi connectivity index (χ0n) is 9.57. The maximum Gasteiger partial charge on any atom is 0.325 e. The van der Waals surface area contributed by atoms with Crippen LogP contribution in [0.25, 0.3) is 0 Å². The zero-order chi connectivity index (χ0) is 12.7. The Kier molecular flexibility index (Phi) is 4.75. The molecule has 0 aliphatic heterocycles. The van der Waals surface area contributed by atoms with E-state index >= 15 is 0 Å². The van der Waals surface area contributed by atoms with Gasteiger partial charge in [0.05, 0.1) is 5.56 Å². The molecule has 0 aliphatic rings. The van der Waals surface area contributed by atoms with Crippen molar-refractivity contribution in [2.45, 2.75) is 13.3 Å². The Morgan fingerprint density at radius 3 is 2.71 bits per heavy atom. The number of amides is 3. The number of carbonyl (C=O) groups excluding carboxylic acids is 2. The van der Waals surface area contributed by atoms with Gasteiger partial charge >= 0.3 is 6.03 Å². The highest BCUT2D eigenvalue weighted by atomic mass is 16.2. The fourth-order valence-corrected chi connectivity index (χ4v) is 1.16. The lowest BCUT2D eigenvalue weighted by Gasteiger charge is -2.05. The van der Waals surface area contributed by atoms with Crippen LogP contribution in [0.5, 0.6) is 0 Å². The predicted octanol–water partition coefficient (Wildman–Crippen LogP) is 1.63.